The monoisotopic (exact) mass is 312 g/mol. The number of amides is 2. The molecule has 1 aromatic carbocycles. The topological polar surface area (TPSA) is 40.6 Å². The molecule has 1 spiro atoms. The lowest BCUT2D eigenvalue weighted by atomic mass is 9.62. The maximum Gasteiger partial charge on any atom is 0.231 e. The number of nitrogens with zero attached hydrogens (tertiary/aromatic N) is 2. The Bertz CT molecular complexity index is 616. The molecule has 3 fully saturated rings. The largest absolute Gasteiger partial charge is 0.343 e. The Morgan fingerprint density at radius 2 is 1.83 bits per heavy atom. The van der Waals surface area contributed by atoms with Crippen molar-refractivity contribution in [3.8, 4) is 0 Å². The molecule has 3 aliphatic rings. The highest BCUT2D eigenvalue weighted by atomic mass is 16.2. The number of benzene rings is 1. The van der Waals surface area contributed by atoms with Gasteiger partial charge in [0.05, 0.1) is 11.5 Å². The first kappa shape index (κ1) is 14.7. The molecule has 0 bridgehead atoms. The van der Waals surface area contributed by atoms with Crippen molar-refractivity contribution >= 4 is 11.8 Å². The van der Waals surface area contributed by atoms with Crippen molar-refractivity contribution in [3.05, 3.63) is 35.9 Å². The highest BCUT2D eigenvalue weighted by Crippen LogP contribution is 2.56. The summed E-state index contributed by atoms with van der Waals surface area (Å²) in [5, 5.41) is 0. The van der Waals surface area contributed by atoms with Gasteiger partial charge in [0.2, 0.25) is 11.8 Å². The molecule has 0 radical (unpaired) electrons. The molecule has 1 saturated carbocycles. The van der Waals surface area contributed by atoms with Crippen LogP contribution in [-0.2, 0) is 9.59 Å². The van der Waals surface area contributed by atoms with Crippen molar-refractivity contribution in [3.63, 3.8) is 0 Å². The third kappa shape index (κ3) is 2.35. The van der Waals surface area contributed by atoms with Gasteiger partial charge in [-0.15, -0.1) is 0 Å². The summed E-state index contributed by atoms with van der Waals surface area (Å²) >= 11 is 0. The average molecular weight is 312 g/mol. The molecule has 0 N–H and O–H groups in total. The molecule has 1 aliphatic carbocycles. The lowest BCUT2D eigenvalue weighted by Gasteiger charge is -2.59. The van der Waals surface area contributed by atoms with Crippen molar-refractivity contribution in [1.29, 1.82) is 0 Å². The highest BCUT2D eigenvalue weighted by molar-refractivity contribution is 5.91. The van der Waals surface area contributed by atoms with E-state index in [-0.39, 0.29) is 17.4 Å². The first-order valence-electron chi connectivity index (χ1n) is 8.73. The quantitative estimate of drug-likeness (QED) is 0.805. The van der Waals surface area contributed by atoms with Gasteiger partial charge in [0, 0.05) is 26.6 Å². The van der Waals surface area contributed by atoms with Crippen molar-refractivity contribution in [2.24, 2.45) is 11.3 Å². The minimum Gasteiger partial charge on any atom is -0.343 e. The molecular formula is C19H24N2O2. The van der Waals surface area contributed by atoms with E-state index in [9.17, 15) is 9.59 Å². The average Bonchev–Trinajstić information content (AvgIpc) is 3.39. The summed E-state index contributed by atoms with van der Waals surface area (Å²) in [6, 6.07) is 10.6. The molecule has 4 nitrogen and oxygen atoms in total. The first-order valence-corrected chi connectivity index (χ1v) is 8.73. The minimum atomic E-state index is -0.276. The van der Waals surface area contributed by atoms with E-state index in [0.29, 0.717) is 24.9 Å². The van der Waals surface area contributed by atoms with Gasteiger partial charge >= 0.3 is 0 Å². The molecule has 0 unspecified atom stereocenters. The Morgan fingerprint density at radius 3 is 2.39 bits per heavy atom. The van der Waals surface area contributed by atoms with E-state index in [1.807, 2.05) is 11.0 Å². The number of rotatable bonds is 3. The van der Waals surface area contributed by atoms with E-state index in [1.54, 1.807) is 6.92 Å². The van der Waals surface area contributed by atoms with Gasteiger partial charge in [-0.05, 0) is 37.2 Å². The Labute approximate surface area is 137 Å². The SMILES string of the molecule is CC(=O)N1CCC2(CC1)C(=O)N(CC1CC1)[C@@H]2c1ccccc1. The summed E-state index contributed by atoms with van der Waals surface area (Å²) in [5.41, 5.74) is 0.978. The van der Waals surface area contributed by atoms with E-state index >= 15 is 0 Å². The van der Waals surface area contributed by atoms with Gasteiger partial charge in [0.15, 0.2) is 0 Å². The lowest BCUT2D eigenvalue weighted by molar-refractivity contribution is -0.182. The van der Waals surface area contributed by atoms with Gasteiger partial charge in [0.1, 0.15) is 0 Å². The number of carbonyl (C=O) groups excluding carboxylic acids is 2. The van der Waals surface area contributed by atoms with Crippen molar-refractivity contribution in [2.45, 2.75) is 38.6 Å². The van der Waals surface area contributed by atoms with Crippen LogP contribution in [0.1, 0.15) is 44.2 Å². The lowest BCUT2D eigenvalue weighted by Crippen LogP contribution is -2.66. The first-order chi connectivity index (χ1) is 11.1. The second kappa shape index (κ2) is 5.36. The Balaban J connectivity index is 1.60. The maximum absolute atomic E-state index is 13.0. The van der Waals surface area contributed by atoms with Crippen LogP contribution in [0.2, 0.25) is 0 Å². The molecule has 1 atom stereocenters. The van der Waals surface area contributed by atoms with Gasteiger partial charge in [-0.1, -0.05) is 30.3 Å². The van der Waals surface area contributed by atoms with Crippen LogP contribution in [0.5, 0.6) is 0 Å². The van der Waals surface area contributed by atoms with Crippen LogP contribution in [0, 0.1) is 11.3 Å². The van der Waals surface area contributed by atoms with Crippen molar-refractivity contribution in [2.75, 3.05) is 19.6 Å². The summed E-state index contributed by atoms with van der Waals surface area (Å²) in [4.78, 5) is 28.6. The summed E-state index contributed by atoms with van der Waals surface area (Å²) in [5.74, 6) is 1.15. The third-order valence-electron chi connectivity index (χ3n) is 5.89. The van der Waals surface area contributed by atoms with Gasteiger partial charge in [-0.2, -0.15) is 0 Å². The van der Waals surface area contributed by atoms with E-state index < -0.39 is 0 Å². The van der Waals surface area contributed by atoms with Crippen LogP contribution >= 0.6 is 0 Å². The third-order valence-corrected chi connectivity index (χ3v) is 5.89. The molecule has 2 saturated heterocycles. The number of β-lactam (4-membered cyclic amide) rings is 1. The van der Waals surface area contributed by atoms with E-state index in [4.69, 9.17) is 0 Å². The van der Waals surface area contributed by atoms with Crippen LogP contribution < -0.4 is 0 Å². The van der Waals surface area contributed by atoms with E-state index in [1.165, 1.54) is 18.4 Å². The normalized spacial score (nSPS) is 26.3. The summed E-state index contributed by atoms with van der Waals surface area (Å²) in [6.07, 6.45) is 4.12. The molecule has 1 aromatic rings. The Hall–Kier alpha value is -1.84. The number of piperidine rings is 1. The summed E-state index contributed by atoms with van der Waals surface area (Å²) in [7, 11) is 0. The van der Waals surface area contributed by atoms with Crippen LogP contribution in [0.25, 0.3) is 0 Å². The number of hydrogen-bond donors (Lipinski definition) is 0. The van der Waals surface area contributed by atoms with Crippen molar-refractivity contribution in [1.82, 2.24) is 9.80 Å². The fraction of sp³-hybridized carbons (Fsp3) is 0.579. The summed E-state index contributed by atoms with van der Waals surface area (Å²) in [6.45, 7) is 3.95. The van der Waals surface area contributed by atoms with Gasteiger partial charge < -0.3 is 9.80 Å². The Morgan fingerprint density at radius 1 is 1.17 bits per heavy atom. The highest BCUT2D eigenvalue weighted by Gasteiger charge is 2.61. The predicted octanol–water partition coefficient (Wildman–Crippen LogP) is 2.61. The molecule has 2 heterocycles. The van der Waals surface area contributed by atoms with Crippen LogP contribution in [0.3, 0.4) is 0 Å². The molecular weight excluding hydrogens is 288 g/mol. The van der Waals surface area contributed by atoms with Crippen molar-refractivity contribution < 1.29 is 9.59 Å². The van der Waals surface area contributed by atoms with E-state index in [0.717, 1.165) is 19.4 Å². The fourth-order valence-electron chi connectivity index (χ4n) is 4.36. The second-order valence-electron chi connectivity index (χ2n) is 7.38. The zero-order valence-corrected chi connectivity index (χ0v) is 13.7. The number of hydrogen-bond acceptors (Lipinski definition) is 2. The summed E-state index contributed by atoms with van der Waals surface area (Å²) < 4.78 is 0. The van der Waals surface area contributed by atoms with E-state index in [2.05, 4.69) is 29.2 Å². The molecule has 0 aromatic heterocycles. The number of likely N-dealkylation sites (tertiary alicyclic amines) is 2. The van der Waals surface area contributed by atoms with Gasteiger partial charge in [-0.3, -0.25) is 9.59 Å². The standard InChI is InChI=1S/C19H24N2O2/c1-14(22)20-11-9-19(10-12-20)17(16-5-3-2-4-6-16)21(18(19)23)13-15-7-8-15/h2-6,15,17H,7-13H2,1H3/t17-/m1/s1. The van der Waals surface area contributed by atoms with Crippen LogP contribution in [0.4, 0.5) is 0 Å². The minimum absolute atomic E-state index is 0.123. The van der Waals surface area contributed by atoms with Crippen LogP contribution in [-0.4, -0.2) is 41.2 Å². The fourth-order valence-corrected chi connectivity index (χ4v) is 4.36. The smallest absolute Gasteiger partial charge is 0.231 e. The van der Waals surface area contributed by atoms with Gasteiger partial charge in [0.25, 0.3) is 0 Å². The van der Waals surface area contributed by atoms with Crippen LogP contribution in [0.15, 0.2) is 30.3 Å². The maximum atomic E-state index is 13.0. The predicted molar refractivity (Wildman–Crippen MR) is 87.5 cm³/mol. The molecule has 4 heteroatoms. The molecule has 4 rings (SSSR count). The zero-order valence-electron chi connectivity index (χ0n) is 13.7. The molecule has 122 valence electrons. The molecule has 2 aliphatic heterocycles. The molecule has 2 amide bonds. The van der Waals surface area contributed by atoms with Gasteiger partial charge in [-0.25, -0.2) is 0 Å². The Kier molecular flexibility index (Phi) is 3.43. The molecule has 23 heavy (non-hydrogen) atoms. The number of carbonyl (C=O) groups is 2. The second-order valence-corrected chi connectivity index (χ2v) is 7.38. The zero-order chi connectivity index (χ0) is 16.0.